The van der Waals surface area contributed by atoms with Gasteiger partial charge >= 0.3 is 0 Å². The summed E-state index contributed by atoms with van der Waals surface area (Å²) in [5, 5.41) is 0.555. The third-order valence-corrected chi connectivity index (χ3v) is 4.80. The van der Waals surface area contributed by atoms with E-state index in [9.17, 15) is 0 Å². The lowest BCUT2D eigenvalue weighted by atomic mass is 9.98. The molecule has 0 N–H and O–H groups in total. The van der Waals surface area contributed by atoms with Gasteiger partial charge in [-0.3, -0.25) is 0 Å². The number of halogens is 3. The SMILES string of the molecule is COc1ccc(C(Cl)c2cc(C)c(Cl)cc2C)cc1Br. The van der Waals surface area contributed by atoms with Crippen molar-refractivity contribution >= 4 is 39.1 Å². The molecule has 0 radical (unpaired) electrons. The molecule has 2 aromatic rings. The average molecular weight is 374 g/mol. The van der Waals surface area contributed by atoms with Gasteiger partial charge in [0.2, 0.25) is 0 Å². The Bertz CT molecular complexity index is 641. The van der Waals surface area contributed by atoms with Gasteiger partial charge < -0.3 is 4.74 Å². The Balaban J connectivity index is 2.43. The summed E-state index contributed by atoms with van der Waals surface area (Å²) in [6.07, 6.45) is 0. The number of methoxy groups -OCH3 is 1. The Morgan fingerprint density at radius 1 is 1.10 bits per heavy atom. The minimum absolute atomic E-state index is 0.215. The maximum absolute atomic E-state index is 6.62. The number of alkyl halides is 1. The van der Waals surface area contributed by atoms with E-state index in [0.717, 1.165) is 37.5 Å². The van der Waals surface area contributed by atoms with Gasteiger partial charge in [-0.1, -0.05) is 23.7 Å². The van der Waals surface area contributed by atoms with Crippen LogP contribution in [-0.4, -0.2) is 7.11 Å². The van der Waals surface area contributed by atoms with E-state index < -0.39 is 0 Å². The molecule has 20 heavy (non-hydrogen) atoms. The average Bonchev–Trinajstić information content (AvgIpc) is 2.42. The summed E-state index contributed by atoms with van der Waals surface area (Å²) in [6, 6.07) is 9.88. The highest BCUT2D eigenvalue weighted by Crippen LogP contribution is 2.36. The molecule has 1 nitrogen and oxygen atoms in total. The van der Waals surface area contributed by atoms with Crippen molar-refractivity contribution < 1.29 is 4.74 Å². The van der Waals surface area contributed by atoms with Gasteiger partial charge in [0.15, 0.2) is 0 Å². The lowest BCUT2D eigenvalue weighted by Gasteiger charge is -2.16. The third kappa shape index (κ3) is 3.13. The summed E-state index contributed by atoms with van der Waals surface area (Å²) in [7, 11) is 1.64. The van der Waals surface area contributed by atoms with Crippen molar-refractivity contribution in [3.8, 4) is 5.75 Å². The van der Waals surface area contributed by atoms with Crippen LogP contribution in [0, 0.1) is 13.8 Å². The van der Waals surface area contributed by atoms with Gasteiger partial charge in [0, 0.05) is 5.02 Å². The fraction of sp³-hybridized carbons (Fsp3) is 0.250. The van der Waals surface area contributed by atoms with Gasteiger partial charge in [-0.2, -0.15) is 0 Å². The summed E-state index contributed by atoms with van der Waals surface area (Å²) in [6.45, 7) is 4.01. The van der Waals surface area contributed by atoms with Crippen LogP contribution in [0.1, 0.15) is 27.6 Å². The number of hydrogen-bond donors (Lipinski definition) is 0. The lowest BCUT2D eigenvalue weighted by Crippen LogP contribution is -1.98. The molecule has 2 aromatic carbocycles. The van der Waals surface area contributed by atoms with Crippen LogP contribution in [0.5, 0.6) is 5.75 Å². The monoisotopic (exact) mass is 372 g/mol. The molecule has 4 heteroatoms. The second kappa shape index (κ2) is 6.38. The Labute approximate surface area is 138 Å². The Morgan fingerprint density at radius 2 is 1.80 bits per heavy atom. The maximum Gasteiger partial charge on any atom is 0.133 e. The van der Waals surface area contributed by atoms with Gasteiger partial charge in [-0.25, -0.2) is 0 Å². The van der Waals surface area contributed by atoms with E-state index in [1.54, 1.807) is 7.11 Å². The van der Waals surface area contributed by atoms with Crippen molar-refractivity contribution in [2.24, 2.45) is 0 Å². The molecule has 0 saturated carbocycles. The van der Waals surface area contributed by atoms with Crippen molar-refractivity contribution in [2.75, 3.05) is 7.11 Å². The topological polar surface area (TPSA) is 9.23 Å². The fourth-order valence-corrected chi connectivity index (χ4v) is 3.24. The molecule has 0 amide bonds. The summed E-state index contributed by atoms with van der Waals surface area (Å²) >= 11 is 16.2. The van der Waals surface area contributed by atoms with E-state index in [1.807, 2.05) is 44.2 Å². The molecule has 0 spiro atoms. The predicted molar refractivity (Wildman–Crippen MR) is 89.3 cm³/mol. The van der Waals surface area contributed by atoms with Gasteiger partial charge in [-0.15, -0.1) is 11.6 Å². The molecule has 0 saturated heterocycles. The van der Waals surface area contributed by atoms with Crippen molar-refractivity contribution in [3.63, 3.8) is 0 Å². The number of aryl methyl sites for hydroxylation is 2. The second-order valence-electron chi connectivity index (χ2n) is 4.71. The summed E-state index contributed by atoms with van der Waals surface area (Å²) in [5.41, 5.74) is 4.22. The van der Waals surface area contributed by atoms with Crippen molar-refractivity contribution in [1.29, 1.82) is 0 Å². The van der Waals surface area contributed by atoms with E-state index in [4.69, 9.17) is 27.9 Å². The number of benzene rings is 2. The van der Waals surface area contributed by atoms with Crippen LogP contribution in [-0.2, 0) is 0 Å². The smallest absolute Gasteiger partial charge is 0.133 e. The van der Waals surface area contributed by atoms with Crippen molar-refractivity contribution in [3.05, 3.63) is 62.1 Å². The molecule has 0 heterocycles. The highest BCUT2D eigenvalue weighted by atomic mass is 79.9. The highest BCUT2D eigenvalue weighted by Gasteiger charge is 2.16. The minimum Gasteiger partial charge on any atom is -0.496 e. The molecule has 106 valence electrons. The highest BCUT2D eigenvalue weighted by molar-refractivity contribution is 9.10. The van der Waals surface area contributed by atoms with Crippen LogP contribution in [0.3, 0.4) is 0 Å². The first-order chi connectivity index (χ1) is 9.43. The lowest BCUT2D eigenvalue weighted by molar-refractivity contribution is 0.412. The molecule has 0 aliphatic carbocycles. The number of hydrogen-bond acceptors (Lipinski definition) is 1. The van der Waals surface area contributed by atoms with Crippen LogP contribution in [0.25, 0.3) is 0 Å². The molecule has 1 atom stereocenters. The molecule has 1 unspecified atom stereocenters. The van der Waals surface area contributed by atoms with Gasteiger partial charge in [0.05, 0.1) is 17.0 Å². The van der Waals surface area contributed by atoms with Crippen LogP contribution in [0.15, 0.2) is 34.8 Å². The first-order valence-electron chi connectivity index (χ1n) is 6.18. The van der Waals surface area contributed by atoms with E-state index in [-0.39, 0.29) is 5.38 Å². The van der Waals surface area contributed by atoms with Crippen LogP contribution < -0.4 is 4.74 Å². The van der Waals surface area contributed by atoms with Gasteiger partial charge in [-0.05, 0) is 70.2 Å². The molecular formula is C16H15BrCl2O. The largest absolute Gasteiger partial charge is 0.496 e. The molecule has 0 fully saturated rings. The molecular weight excluding hydrogens is 359 g/mol. The standard InChI is InChI=1S/C16H15BrCl2O/c1-9-7-14(18)10(2)6-12(9)16(19)11-4-5-15(20-3)13(17)8-11/h4-8,16H,1-3H3. The van der Waals surface area contributed by atoms with Gasteiger partial charge in [0.1, 0.15) is 5.75 Å². The maximum atomic E-state index is 6.62. The van der Waals surface area contributed by atoms with E-state index >= 15 is 0 Å². The molecule has 0 aromatic heterocycles. The van der Waals surface area contributed by atoms with E-state index in [2.05, 4.69) is 15.9 Å². The Hall–Kier alpha value is -0.700. The zero-order chi connectivity index (χ0) is 14.9. The van der Waals surface area contributed by atoms with E-state index in [0.29, 0.717) is 0 Å². The fourth-order valence-electron chi connectivity index (χ4n) is 2.10. The first kappa shape index (κ1) is 15.7. The molecule has 0 aliphatic rings. The summed E-state index contributed by atoms with van der Waals surface area (Å²) in [5.74, 6) is 0.793. The number of ether oxygens (including phenoxy) is 1. The van der Waals surface area contributed by atoms with E-state index in [1.165, 1.54) is 0 Å². The quantitative estimate of drug-likeness (QED) is 0.594. The van der Waals surface area contributed by atoms with Crippen molar-refractivity contribution in [2.45, 2.75) is 19.2 Å². The molecule has 2 rings (SSSR count). The zero-order valence-electron chi connectivity index (χ0n) is 11.5. The van der Waals surface area contributed by atoms with Crippen LogP contribution in [0.2, 0.25) is 5.02 Å². The zero-order valence-corrected chi connectivity index (χ0v) is 14.6. The van der Waals surface area contributed by atoms with Gasteiger partial charge in [0.25, 0.3) is 0 Å². The normalized spacial score (nSPS) is 12.3. The number of rotatable bonds is 3. The first-order valence-corrected chi connectivity index (χ1v) is 7.79. The molecule has 0 aliphatic heterocycles. The second-order valence-corrected chi connectivity index (χ2v) is 6.41. The predicted octanol–water partition coefficient (Wildman–Crippen LogP) is 6.06. The summed E-state index contributed by atoms with van der Waals surface area (Å²) < 4.78 is 6.13. The van der Waals surface area contributed by atoms with Crippen LogP contribution >= 0.6 is 39.1 Å². The van der Waals surface area contributed by atoms with Crippen molar-refractivity contribution in [1.82, 2.24) is 0 Å². The summed E-state index contributed by atoms with van der Waals surface area (Å²) in [4.78, 5) is 0. The minimum atomic E-state index is -0.215. The Kier molecular flexibility index (Phi) is 5.00. The third-order valence-electron chi connectivity index (χ3n) is 3.29. The van der Waals surface area contributed by atoms with Crippen LogP contribution in [0.4, 0.5) is 0 Å². The Morgan fingerprint density at radius 3 is 2.40 bits per heavy atom. The molecule has 0 bridgehead atoms.